The lowest BCUT2D eigenvalue weighted by Crippen LogP contribution is -2.44. The predicted molar refractivity (Wildman–Crippen MR) is 67.6 cm³/mol. The van der Waals surface area contributed by atoms with Crippen LogP contribution in [0.2, 0.25) is 0 Å². The first-order valence-corrected chi connectivity index (χ1v) is 6.25. The van der Waals surface area contributed by atoms with Crippen LogP contribution >= 0.6 is 0 Å². The van der Waals surface area contributed by atoms with Gasteiger partial charge in [0, 0.05) is 6.61 Å². The van der Waals surface area contributed by atoms with Crippen molar-refractivity contribution in [1.29, 1.82) is 0 Å². The average molecular weight is 238 g/mol. The summed E-state index contributed by atoms with van der Waals surface area (Å²) in [5.41, 5.74) is -0.672. The minimum absolute atomic E-state index is 0.104. The fourth-order valence-electron chi connectivity index (χ4n) is 2.01. The van der Waals surface area contributed by atoms with Crippen molar-refractivity contribution < 1.29 is 14.3 Å². The molecule has 0 bridgehead atoms. The highest BCUT2D eigenvalue weighted by atomic mass is 16.5. The van der Waals surface area contributed by atoms with E-state index >= 15 is 0 Å². The minimum Gasteiger partial charge on any atom is -0.462 e. The Bertz CT molecular complexity index is 317. The number of rotatable bonds is 5. The van der Waals surface area contributed by atoms with E-state index in [0.717, 1.165) is 0 Å². The second-order valence-corrected chi connectivity index (χ2v) is 4.47. The summed E-state index contributed by atoms with van der Waals surface area (Å²) in [5.74, 6) is -0.200. The van der Waals surface area contributed by atoms with Gasteiger partial charge in [-0.25, -0.2) is 0 Å². The van der Waals surface area contributed by atoms with Crippen molar-refractivity contribution in [2.24, 2.45) is 5.41 Å². The Morgan fingerprint density at radius 1 is 1.35 bits per heavy atom. The van der Waals surface area contributed by atoms with Crippen LogP contribution in [0.1, 0.15) is 34.1 Å². The molecule has 0 amide bonds. The molecule has 3 nitrogen and oxygen atoms in total. The normalized spacial score (nSPS) is 27.5. The standard InChI is InChI=1S/C14H22O3/c1-5-14(13(15)17-11(3)4)10-8-7-9-12(14)16-6-2/h7-12H,5-6H2,1-4H3. The first kappa shape index (κ1) is 14.0. The van der Waals surface area contributed by atoms with Gasteiger partial charge in [-0.1, -0.05) is 31.2 Å². The molecule has 0 saturated carbocycles. The van der Waals surface area contributed by atoms with Crippen molar-refractivity contribution in [3.8, 4) is 0 Å². The smallest absolute Gasteiger partial charge is 0.319 e. The van der Waals surface area contributed by atoms with E-state index in [9.17, 15) is 4.79 Å². The summed E-state index contributed by atoms with van der Waals surface area (Å²) < 4.78 is 11.0. The molecule has 0 aromatic heterocycles. The lowest BCUT2D eigenvalue weighted by molar-refractivity contribution is -0.163. The van der Waals surface area contributed by atoms with E-state index in [1.807, 2.05) is 52.0 Å². The van der Waals surface area contributed by atoms with Crippen molar-refractivity contribution in [2.45, 2.75) is 46.3 Å². The zero-order valence-electron chi connectivity index (χ0n) is 11.1. The highest BCUT2D eigenvalue weighted by Gasteiger charge is 2.44. The number of hydrogen-bond donors (Lipinski definition) is 0. The van der Waals surface area contributed by atoms with E-state index in [1.54, 1.807) is 0 Å². The van der Waals surface area contributed by atoms with Crippen LogP contribution in [0.3, 0.4) is 0 Å². The molecule has 0 saturated heterocycles. The van der Waals surface area contributed by atoms with E-state index < -0.39 is 5.41 Å². The number of hydrogen-bond acceptors (Lipinski definition) is 3. The molecule has 0 aliphatic heterocycles. The molecule has 0 aromatic carbocycles. The molecule has 17 heavy (non-hydrogen) atoms. The van der Waals surface area contributed by atoms with E-state index in [2.05, 4.69) is 0 Å². The van der Waals surface area contributed by atoms with Crippen molar-refractivity contribution in [1.82, 2.24) is 0 Å². The van der Waals surface area contributed by atoms with E-state index in [-0.39, 0.29) is 18.2 Å². The molecule has 2 atom stereocenters. The van der Waals surface area contributed by atoms with Gasteiger partial charge < -0.3 is 9.47 Å². The molecule has 96 valence electrons. The maximum atomic E-state index is 12.3. The molecule has 1 aliphatic carbocycles. The van der Waals surface area contributed by atoms with E-state index in [1.165, 1.54) is 0 Å². The largest absolute Gasteiger partial charge is 0.462 e. The van der Waals surface area contributed by atoms with Crippen LogP contribution in [0.15, 0.2) is 24.3 Å². The highest BCUT2D eigenvalue weighted by molar-refractivity contribution is 5.81. The van der Waals surface area contributed by atoms with Crippen LogP contribution in [0, 0.1) is 5.41 Å². The van der Waals surface area contributed by atoms with Gasteiger partial charge in [0.05, 0.1) is 12.2 Å². The maximum absolute atomic E-state index is 12.3. The molecule has 1 rings (SSSR count). The zero-order valence-corrected chi connectivity index (χ0v) is 11.1. The number of allylic oxidation sites excluding steroid dienone is 2. The van der Waals surface area contributed by atoms with E-state index in [4.69, 9.17) is 9.47 Å². The SMILES string of the molecule is CCOC1C=CC=CC1(CC)C(=O)OC(C)C. The zero-order chi connectivity index (χ0) is 12.9. The van der Waals surface area contributed by atoms with Crippen LogP contribution in [0.25, 0.3) is 0 Å². The third-order valence-corrected chi connectivity index (χ3v) is 2.95. The molecule has 2 unspecified atom stereocenters. The second-order valence-electron chi connectivity index (χ2n) is 4.47. The van der Waals surface area contributed by atoms with Gasteiger partial charge in [-0.2, -0.15) is 0 Å². The number of carbonyl (C=O) groups is 1. The van der Waals surface area contributed by atoms with Gasteiger partial charge >= 0.3 is 5.97 Å². The molecule has 0 aromatic rings. The highest BCUT2D eigenvalue weighted by Crippen LogP contribution is 2.35. The number of ether oxygens (including phenoxy) is 2. The maximum Gasteiger partial charge on any atom is 0.319 e. The summed E-state index contributed by atoms with van der Waals surface area (Å²) in [7, 11) is 0. The second kappa shape index (κ2) is 6.01. The topological polar surface area (TPSA) is 35.5 Å². The molecular formula is C14H22O3. The minimum atomic E-state index is -0.672. The molecule has 1 aliphatic rings. The summed E-state index contributed by atoms with van der Waals surface area (Å²) in [6, 6.07) is 0. The molecule has 0 fully saturated rings. The van der Waals surface area contributed by atoms with Crippen LogP contribution in [0.5, 0.6) is 0 Å². The van der Waals surface area contributed by atoms with Gasteiger partial charge in [-0.3, -0.25) is 4.79 Å². The van der Waals surface area contributed by atoms with Gasteiger partial charge in [0.2, 0.25) is 0 Å². The van der Waals surface area contributed by atoms with Crippen LogP contribution in [-0.2, 0) is 14.3 Å². The average Bonchev–Trinajstić information content (AvgIpc) is 2.29. The molecule has 0 N–H and O–H groups in total. The van der Waals surface area contributed by atoms with E-state index in [0.29, 0.717) is 13.0 Å². The first-order chi connectivity index (χ1) is 8.06. The summed E-state index contributed by atoms with van der Waals surface area (Å²) in [4.78, 5) is 12.3. The van der Waals surface area contributed by atoms with Crippen molar-refractivity contribution in [3.63, 3.8) is 0 Å². The predicted octanol–water partition coefficient (Wildman–Crippen LogP) is 2.87. The summed E-state index contributed by atoms with van der Waals surface area (Å²) in [6.07, 6.45) is 7.97. The molecule has 0 heterocycles. The summed E-state index contributed by atoms with van der Waals surface area (Å²) in [5, 5.41) is 0. The Labute approximate surface area is 103 Å². The lowest BCUT2D eigenvalue weighted by atomic mass is 9.76. The first-order valence-electron chi connectivity index (χ1n) is 6.25. The Hall–Kier alpha value is -1.09. The van der Waals surface area contributed by atoms with Crippen LogP contribution in [-0.4, -0.2) is 24.8 Å². The Kier molecular flexibility index (Phi) is 4.94. The van der Waals surface area contributed by atoms with Gasteiger partial charge in [0.1, 0.15) is 5.41 Å². The fraction of sp³-hybridized carbons (Fsp3) is 0.643. The molecule has 0 spiro atoms. The number of carbonyl (C=O) groups excluding carboxylic acids is 1. The van der Waals surface area contributed by atoms with Gasteiger partial charge in [0.15, 0.2) is 0 Å². The van der Waals surface area contributed by atoms with Crippen LogP contribution in [0.4, 0.5) is 0 Å². The van der Waals surface area contributed by atoms with Crippen molar-refractivity contribution in [3.05, 3.63) is 24.3 Å². The monoisotopic (exact) mass is 238 g/mol. The third-order valence-electron chi connectivity index (χ3n) is 2.95. The van der Waals surface area contributed by atoms with Crippen LogP contribution < -0.4 is 0 Å². The molecular weight excluding hydrogens is 216 g/mol. The molecule has 0 radical (unpaired) electrons. The Morgan fingerprint density at radius 3 is 2.59 bits per heavy atom. The van der Waals surface area contributed by atoms with Gasteiger partial charge in [-0.05, 0) is 27.2 Å². The fourth-order valence-corrected chi connectivity index (χ4v) is 2.01. The van der Waals surface area contributed by atoms with Gasteiger partial charge in [0.25, 0.3) is 0 Å². The Balaban J connectivity index is 2.94. The van der Waals surface area contributed by atoms with Crippen molar-refractivity contribution >= 4 is 5.97 Å². The van der Waals surface area contributed by atoms with Gasteiger partial charge in [-0.15, -0.1) is 0 Å². The summed E-state index contributed by atoms with van der Waals surface area (Å²) >= 11 is 0. The molecule has 3 heteroatoms. The third kappa shape index (κ3) is 2.97. The summed E-state index contributed by atoms with van der Waals surface area (Å²) in [6.45, 7) is 8.22. The number of esters is 1. The quantitative estimate of drug-likeness (QED) is 0.691. The lowest BCUT2D eigenvalue weighted by Gasteiger charge is -2.35. The Morgan fingerprint density at radius 2 is 2.06 bits per heavy atom. The van der Waals surface area contributed by atoms with Crippen molar-refractivity contribution in [2.75, 3.05) is 6.61 Å².